The number of rotatable bonds is 5. The molecule has 0 spiro atoms. The van der Waals surface area contributed by atoms with Gasteiger partial charge in [0.2, 0.25) is 0 Å². The maximum atomic E-state index is 11.5. The Morgan fingerprint density at radius 1 is 1.37 bits per heavy atom. The Kier molecular flexibility index (Phi) is 4.86. The van der Waals surface area contributed by atoms with Crippen molar-refractivity contribution in [3.05, 3.63) is 23.2 Å². The third-order valence-electron chi connectivity index (χ3n) is 2.75. The molecular formula is C13H16O6. The van der Waals surface area contributed by atoms with E-state index in [0.29, 0.717) is 5.57 Å². The quantitative estimate of drug-likeness (QED) is 0.695. The van der Waals surface area contributed by atoms with Gasteiger partial charge in [0.15, 0.2) is 11.5 Å². The smallest absolute Gasteiger partial charge is 0.340 e. The highest BCUT2D eigenvalue weighted by Gasteiger charge is 2.29. The second-order valence-corrected chi connectivity index (χ2v) is 4.10. The molecule has 0 fully saturated rings. The van der Waals surface area contributed by atoms with Crippen molar-refractivity contribution in [1.82, 2.24) is 0 Å². The standard InChI is InChI=1S/C13H16O6/c1-7(8(2)14)10(6-18-9(3)15)13-11(17-4)5-12(16)19-13/h5,7H,6H2,1-4H3/b13-10-. The van der Waals surface area contributed by atoms with Crippen molar-refractivity contribution in [1.29, 1.82) is 0 Å². The molecule has 1 unspecified atom stereocenters. The fourth-order valence-electron chi connectivity index (χ4n) is 1.54. The van der Waals surface area contributed by atoms with Crippen LogP contribution in [0.1, 0.15) is 20.8 Å². The van der Waals surface area contributed by atoms with Gasteiger partial charge in [0, 0.05) is 18.4 Å². The zero-order valence-electron chi connectivity index (χ0n) is 11.3. The Morgan fingerprint density at radius 3 is 2.47 bits per heavy atom. The SMILES string of the molecule is COC1=CC(=O)O/C1=C(/COC(C)=O)C(C)C(C)=O. The number of cyclic esters (lactones) is 1. The summed E-state index contributed by atoms with van der Waals surface area (Å²) in [6.07, 6.45) is 1.18. The maximum absolute atomic E-state index is 11.5. The molecule has 0 saturated heterocycles. The van der Waals surface area contributed by atoms with Crippen molar-refractivity contribution in [2.45, 2.75) is 20.8 Å². The minimum atomic E-state index is -0.581. The summed E-state index contributed by atoms with van der Waals surface area (Å²) in [5.41, 5.74) is 0.404. The second kappa shape index (κ2) is 6.17. The number of ketones is 1. The van der Waals surface area contributed by atoms with Gasteiger partial charge in [0.1, 0.15) is 12.4 Å². The lowest BCUT2D eigenvalue weighted by Gasteiger charge is -2.16. The zero-order chi connectivity index (χ0) is 14.6. The van der Waals surface area contributed by atoms with Crippen molar-refractivity contribution in [2.75, 3.05) is 13.7 Å². The van der Waals surface area contributed by atoms with Gasteiger partial charge in [-0.05, 0) is 6.92 Å². The van der Waals surface area contributed by atoms with Crippen LogP contribution in [0.2, 0.25) is 0 Å². The predicted octanol–water partition coefficient (Wildman–Crippen LogP) is 1.12. The van der Waals surface area contributed by atoms with Crippen LogP contribution >= 0.6 is 0 Å². The Labute approximate surface area is 111 Å². The average Bonchev–Trinajstić information content (AvgIpc) is 2.70. The molecule has 0 saturated carbocycles. The summed E-state index contributed by atoms with van der Waals surface area (Å²) >= 11 is 0. The molecule has 0 aromatic rings. The molecule has 104 valence electrons. The molecule has 0 aliphatic carbocycles. The first-order valence-corrected chi connectivity index (χ1v) is 5.71. The monoisotopic (exact) mass is 268 g/mol. The van der Waals surface area contributed by atoms with Gasteiger partial charge in [0.25, 0.3) is 0 Å². The van der Waals surface area contributed by atoms with E-state index < -0.39 is 17.9 Å². The minimum Gasteiger partial charge on any atom is -0.493 e. The Bertz CT molecular complexity index is 472. The number of Topliss-reactive ketones (excluding diaryl/α,β-unsaturated/α-hetero) is 1. The second-order valence-electron chi connectivity index (χ2n) is 4.10. The van der Waals surface area contributed by atoms with Crippen LogP contribution in [0, 0.1) is 5.92 Å². The summed E-state index contributed by atoms with van der Waals surface area (Å²) in [6.45, 7) is 4.19. The lowest BCUT2D eigenvalue weighted by molar-refractivity contribution is -0.140. The number of carbonyl (C=O) groups excluding carboxylic acids is 3. The lowest BCUT2D eigenvalue weighted by Crippen LogP contribution is -2.18. The molecule has 6 nitrogen and oxygen atoms in total. The number of methoxy groups -OCH3 is 1. The van der Waals surface area contributed by atoms with Crippen LogP contribution in [0.25, 0.3) is 0 Å². The highest BCUT2D eigenvalue weighted by molar-refractivity contribution is 5.89. The van der Waals surface area contributed by atoms with Crippen LogP contribution < -0.4 is 0 Å². The number of ether oxygens (including phenoxy) is 3. The molecule has 1 aliphatic heterocycles. The number of carbonyl (C=O) groups is 3. The normalized spacial score (nSPS) is 18.3. The molecular weight excluding hydrogens is 252 g/mol. The molecule has 19 heavy (non-hydrogen) atoms. The van der Waals surface area contributed by atoms with E-state index in [0.717, 1.165) is 0 Å². The molecule has 0 N–H and O–H groups in total. The maximum Gasteiger partial charge on any atom is 0.340 e. The van der Waals surface area contributed by atoms with E-state index in [1.165, 1.54) is 27.0 Å². The highest BCUT2D eigenvalue weighted by Crippen LogP contribution is 2.28. The molecule has 1 heterocycles. The molecule has 0 amide bonds. The first-order valence-electron chi connectivity index (χ1n) is 5.71. The Hall–Kier alpha value is -2.11. The average molecular weight is 268 g/mol. The summed E-state index contributed by atoms with van der Waals surface area (Å²) < 4.78 is 14.9. The van der Waals surface area contributed by atoms with Crippen molar-refractivity contribution in [3.8, 4) is 0 Å². The van der Waals surface area contributed by atoms with E-state index in [1.54, 1.807) is 6.92 Å². The van der Waals surface area contributed by atoms with Crippen LogP contribution in [0.5, 0.6) is 0 Å². The van der Waals surface area contributed by atoms with Gasteiger partial charge in [-0.15, -0.1) is 0 Å². The largest absolute Gasteiger partial charge is 0.493 e. The minimum absolute atomic E-state index is 0.126. The molecule has 6 heteroatoms. The van der Waals surface area contributed by atoms with E-state index in [2.05, 4.69) is 0 Å². The van der Waals surface area contributed by atoms with Gasteiger partial charge in [-0.3, -0.25) is 9.59 Å². The molecule has 0 aromatic carbocycles. The summed E-state index contributed by atoms with van der Waals surface area (Å²) in [7, 11) is 1.38. The van der Waals surface area contributed by atoms with E-state index in [-0.39, 0.29) is 23.9 Å². The first-order chi connectivity index (χ1) is 8.86. The van der Waals surface area contributed by atoms with Gasteiger partial charge < -0.3 is 14.2 Å². The van der Waals surface area contributed by atoms with Crippen molar-refractivity contribution >= 4 is 17.7 Å². The summed E-state index contributed by atoms with van der Waals surface area (Å²) in [6, 6.07) is 0. The van der Waals surface area contributed by atoms with Gasteiger partial charge in [0.05, 0.1) is 13.2 Å². The first kappa shape index (κ1) is 14.9. The van der Waals surface area contributed by atoms with Crippen LogP contribution in [0.4, 0.5) is 0 Å². The van der Waals surface area contributed by atoms with E-state index in [1.807, 2.05) is 0 Å². The van der Waals surface area contributed by atoms with Crippen LogP contribution in [0.15, 0.2) is 23.2 Å². The highest BCUT2D eigenvalue weighted by atomic mass is 16.6. The molecule has 0 aromatic heterocycles. The predicted molar refractivity (Wildman–Crippen MR) is 64.7 cm³/mol. The van der Waals surface area contributed by atoms with Crippen molar-refractivity contribution < 1.29 is 28.6 Å². The molecule has 0 bridgehead atoms. The summed E-state index contributed by atoms with van der Waals surface area (Å²) in [4.78, 5) is 33.6. The topological polar surface area (TPSA) is 78.9 Å². The molecule has 1 aliphatic rings. The fourth-order valence-corrected chi connectivity index (χ4v) is 1.54. The van der Waals surface area contributed by atoms with Gasteiger partial charge in [-0.25, -0.2) is 4.79 Å². The van der Waals surface area contributed by atoms with E-state index in [4.69, 9.17) is 14.2 Å². The zero-order valence-corrected chi connectivity index (χ0v) is 11.3. The van der Waals surface area contributed by atoms with E-state index in [9.17, 15) is 14.4 Å². The third kappa shape index (κ3) is 3.67. The van der Waals surface area contributed by atoms with Crippen LogP contribution in [0.3, 0.4) is 0 Å². The molecule has 1 atom stereocenters. The summed E-state index contributed by atoms with van der Waals surface area (Å²) in [5, 5.41) is 0. The fraction of sp³-hybridized carbons (Fsp3) is 0.462. The number of hydrogen-bond donors (Lipinski definition) is 0. The molecule has 0 radical (unpaired) electrons. The van der Waals surface area contributed by atoms with E-state index >= 15 is 0 Å². The van der Waals surface area contributed by atoms with Gasteiger partial charge >= 0.3 is 11.9 Å². The summed E-state index contributed by atoms with van der Waals surface area (Å²) in [5.74, 6) is -1.37. The Balaban J connectivity index is 3.14. The van der Waals surface area contributed by atoms with Crippen molar-refractivity contribution in [2.24, 2.45) is 5.92 Å². The van der Waals surface area contributed by atoms with Gasteiger partial charge in [-0.1, -0.05) is 6.92 Å². The Morgan fingerprint density at radius 2 is 2.00 bits per heavy atom. The van der Waals surface area contributed by atoms with Crippen LogP contribution in [-0.2, 0) is 28.6 Å². The van der Waals surface area contributed by atoms with Crippen molar-refractivity contribution in [3.63, 3.8) is 0 Å². The number of esters is 2. The van der Waals surface area contributed by atoms with Crippen LogP contribution in [-0.4, -0.2) is 31.4 Å². The molecule has 1 rings (SSSR count). The lowest BCUT2D eigenvalue weighted by atomic mass is 9.96. The number of hydrogen-bond acceptors (Lipinski definition) is 6. The third-order valence-corrected chi connectivity index (χ3v) is 2.75. The van der Waals surface area contributed by atoms with Gasteiger partial charge in [-0.2, -0.15) is 0 Å².